The van der Waals surface area contributed by atoms with E-state index in [1.165, 1.54) is 5.56 Å². The molecule has 0 aromatic heterocycles. The standard InChI is InChI=1S/C17H21NO2/c1-12(2)13-5-8-16(9-6-13)20-11-14-4-7-15(18)10-17(14)19-3/h4-10,12H,11,18H2,1-3H3. The summed E-state index contributed by atoms with van der Waals surface area (Å²) in [4.78, 5) is 0. The van der Waals surface area contributed by atoms with Crippen molar-refractivity contribution in [1.29, 1.82) is 0 Å². The number of nitrogen functional groups attached to an aromatic ring is 1. The molecule has 2 N–H and O–H groups in total. The summed E-state index contributed by atoms with van der Waals surface area (Å²) in [6, 6.07) is 13.8. The summed E-state index contributed by atoms with van der Waals surface area (Å²) in [7, 11) is 1.63. The van der Waals surface area contributed by atoms with E-state index in [4.69, 9.17) is 15.2 Å². The predicted molar refractivity (Wildman–Crippen MR) is 82.3 cm³/mol. The average Bonchev–Trinajstić information content (AvgIpc) is 2.46. The lowest BCUT2D eigenvalue weighted by Crippen LogP contribution is -2.00. The molecule has 0 aliphatic carbocycles. The number of nitrogens with two attached hydrogens (primary N) is 1. The van der Waals surface area contributed by atoms with E-state index in [1.54, 1.807) is 13.2 Å². The molecule has 2 rings (SSSR count). The molecule has 0 unspecified atom stereocenters. The zero-order valence-corrected chi connectivity index (χ0v) is 12.2. The minimum Gasteiger partial charge on any atom is -0.496 e. The molecule has 106 valence electrons. The molecular weight excluding hydrogens is 250 g/mol. The van der Waals surface area contributed by atoms with Gasteiger partial charge in [0.2, 0.25) is 0 Å². The topological polar surface area (TPSA) is 44.5 Å². The van der Waals surface area contributed by atoms with Crippen molar-refractivity contribution in [3.63, 3.8) is 0 Å². The highest BCUT2D eigenvalue weighted by molar-refractivity contribution is 5.48. The first-order chi connectivity index (χ1) is 9.60. The van der Waals surface area contributed by atoms with Gasteiger partial charge in [-0.15, -0.1) is 0 Å². The Morgan fingerprint density at radius 1 is 1.05 bits per heavy atom. The molecule has 2 aromatic rings. The molecule has 20 heavy (non-hydrogen) atoms. The maximum atomic E-state index is 5.79. The van der Waals surface area contributed by atoms with Gasteiger partial charge in [0, 0.05) is 17.3 Å². The summed E-state index contributed by atoms with van der Waals surface area (Å²) in [6.45, 7) is 4.81. The highest BCUT2D eigenvalue weighted by atomic mass is 16.5. The van der Waals surface area contributed by atoms with Crippen molar-refractivity contribution in [2.75, 3.05) is 12.8 Å². The quantitative estimate of drug-likeness (QED) is 0.836. The van der Waals surface area contributed by atoms with Crippen LogP contribution < -0.4 is 15.2 Å². The van der Waals surface area contributed by atoms with Gasteiger partial charge in [-0.3, -0.25) is 0 Å². The van der Waals surface area contributed by atoms with Gasteiger partial charge in [0.15, 0.2) is 0 Å². The Morgan fingerprint density at radius 2 is 1.75 bits per heavy atom. The fourth-order valence-electron chi connectivity index (χ4n) is 1.99. The van der Waals surface area contributed by atoms with Crippen LogP contribution in [0.25, 0.3) is 0 Å². The lowest BCUT2D eigenvalue weighted by molar-refractivity contribution is 0.296. The van der Waals surface area contributed by atoms with E-state index in [0.717, 1.165) is 17.1 Å². The molecular formula is C17H21NO2. The molecule has 0 aliphatic rings. The predicted octanol–water partition coefficient (Wildman–Crippen LogP) is 3.98. The van der Waals surface area contributed by atoms with Crippen molar-refractivity contribution < 1.29 is 9.47 Å². The highest BCUT2D eigenvalue weighted by Crippen LogP contribution is 2.24. The van der Waals surface area contributed by atoms with Crippen molar-refractivity contribution in [3.8, 4) is 11.5 Å². The molecule has 0 heterocycles. The third-order valence-electron chi connectivity index (χ3n) is 3.25. The average molecular weight is 271 g/mol. The normalized spacial score (nSPS) is 10.6. The molecule has 2 aromatic carbocycles. The van der Waals surface area contributed by atoms with Crippen molar-refractivity contribution in [2.24, 2.45) is 0 Å². The first-order valence-corrected chi connectivity index (χ1v) is 6.75. The molecule has 3 heteroatoms. The third kappa shape index (κ3) is 3.44. The van der Waals surface area contributed by atoms with Crippen LogP contribution in [0.4, 0.5) is 5.69 Å². The van der Waals surface area contributed by atoms with E-state index in [1.807, 2.05) is 24.3 Å². The Kier molecular flexibility index (Phi) is 4.51. The molecule has 0 atom stereocenters. The molecule has 0 aliphatic heterocycles. The minimum atomic E-state index is 0.463. The van der Waals surface area contributed by atoms with Gasteiger partial charge in [0.1, 0.15) is 18.1 Å². The summed E-state index contributed by atoms with van der Waals surface area (Å²) in [6.07, 6.45) is 0. The van der Waals surface area contributed by atoms with Gasteiger partial charge in [-0.25, -0.2) is 0 Å². The van der Waals surface area contributed by atoms with Gasteiger partial charge >= 0.3 is 0 Å². The smallest absolute Gasteiger partial charge is 0.127 e. The minimum absolute atomic E-state index is 0.463. The van der Waals surface area contributed by atoms with Crippen LogP contribution in [0, 0.1) is 0 Å². The number of ether oxygens (including phenoxy) is 2. The van der Waals surface area contributed by atoms with E-state index in [-0.39, 0.29) is 0 Å². The van der Waals surface area contributed by atoms with E-state index in [2.05, 4.69) is 26.0 Å². The molecule has 0 amide bonds. The Labute approximate surface area is 120 Å². The first-order valence-electron chi connectivity index (χ1n) is 6.75. The van der Waals surface area contributed by atoms with Crippen molar-refractivity contribution in [2.45, 2.75) is 26.4 Å². The van der Waals surface area contributed by atoms with Crippen LogP contribution in [-0.4, -0.2) is 7.11 Å². The van der Waals surface area contributed by atoms with Gasteiger partial charge in [-0.1, -0.05) is 26.0 Å². The number of methoxy groups -OCH3 is 1. The maximum absolute atomic E-state index is 5.79. The second-order valence-electron chi connectivity index (χ2n) is 5.08. The van der Waals surface area contributed by atoms with Gasteiger partial charge < -0.3 is 15.2 Å². The molecule has 0 saturated heterocycles. The summed E-state index contributed by atoms with van der Waals surface area (Å²) >= 11 is 0. The Balaban J connectivity index is 2.05. The van der Waals surface area contributed by atoms with Crippen molar-refractivity contribution in [1.82, 2.24) is 0 Å². The van der Waals surface area contributed by atoms with Gasteiger partial charge in [0.25, 0.3) is 0 Å². The van der Waals surface area contributed by atoms with E-state index < -0.39 is 0 Å². The van der Waals surface area contributed by atoms with Gasteiger partial charge in [-0.2, -0.15) is 0 Å². The van der Waals surface area contributed by atoms with Crippen LogP contribution in [0.1, 0.15) is 30.9 Å². The van der Waals surface area contributed by atoms with Crippen LogP contribution in [-0.2, 0) is 6.61 Å². The lowest BCUT2D eigenvalue weighted by Gasteiger charge is -2.12. The Bertz CT molecular complexity index is 562. The van der Waals surface area contributed by atoms with Crippen LogP contribution in [0.3, 0.4) is 0 Å². The summed E-state index contributed by atoms with van der Waals surface area (Å²) in [5.41, 5.74) is 8.71. The molecule has 0 bridgehead atoms. The SMILES string of the molecule is COc1cc(N)ccc1COc1ccc(C(C)C)cc1. The Hall–Kier alpha value is -2.16. The second-order valence-corrected chi connectivity index (χ2v) is 5.08. The molecule has 0 saturated carbocycles. The first kappa shape index (κ1) is 14.3. The van der Waals surface area contributed by atoms with Crippen molar-refractivity contribution >= 4 is 5.69 Å². The third-order valence-corrected chi connectivity index (χ3v) is 3.25. The number of benzene rings is 2. The number of hydrogen-bond donors (Lipinski definition) is 1. The largest absolute Gasteiger partial charge is 0.496 e. The van der Waals surface area contributed by atoms with Crippen LogP contribution in [0.2, 0.25) is 0 Å². The molecule has 3 nitrogen and oxygen atoms in total. The zero-order chi connectivity index (χ0) is 14.5. The number of rotatable bonds is 5. The maximum Gasteiger partial charge on any atom is 0.127 e. The van der Waals surface area contributed by atoms with Gasteiger partial charge in [0.05, 0.1) is 7.11 Å². The van der Waals surface area contributed by atoms with Crippen LogP contribution in [0.5, 0.6) is 11.5 Å². The lowest BCUT2D eigenvalue weighted by atomic mass is 10.0. The summed E-state index contributed by atoms with van der Waals surface area (Å²) in [5.74, 6) is 2.14. The Morgan fingerprint density at radius 3 is 2.35 bits per heavy atom. The zero-order valence-electron chi connectivity index (χ0n) is 12.2. The molecule has 0 radical (unpaired) electrons. The van der Waals surface area contributed by atoms with E-state index >= 15 is 0 Å². The summed E-state index contributed by atoms with van der Waals surface area (Å²) in [5, 5.41) is 0. The van der Waals surface area contributed by atoms with Crippen LogP contribution >= 0.6 is 0 Å². The fourth-order valence-corrected chi connectivity index (χ4v) is 1.99. The van der Waals surface area contributed by atoms with Gasteiger partial charge in [-0.05, 0) is 35.7 Å². The number of hydrogen-bond acceptors (Lipinski definition) is 3. The fraction of sp³-hybridized carbons (Fsp3) is 0.294. The monoisotopic (exact) mass is 271 g/mol. The van der Waals surface area contributed by atoms with E-state index in [9.17, 15) is 0 Å². The molecule has 0 spiro atoms. The van der Waals surface area contributed by atoms with Crippen molar-refractivity contribution in [3.05, 3.63) is 53.6 Å². The van der Waals surface area contributed by atoms with Crippen LogP contribution in [0.15, 0.2) is 42.5 Å². The highest BCUT2D eigenvalue weighted by Gasteiger charge is 2.05. The summed E-state index contributed by atoms with van der Waals surface area (Å²) < 4.78 is 11.1. The second kappa shape index (κ2) is 6.33. The number of anilines is 1. The van der Waals surface area contributed by atoms with E-state index in [0.29, 0.717) is 18.2 Å². The molecule has 0 fully saturated rings.